The summed E-state index contributed by atoms with van der Waals surface area (Å²) >= 11 is 5.88. The number of amides is 1. The summed E-state index contributed by atoms with van der Waals surface area (Å²) in [5.41, 5.74) is -0.372. The van der Waals surface area contributed by atoms with Gasteiger partial charge in [0.05, 0.1) is 6.20 Å². The van der Waals surface area contributed by atoms with Crippen molar-refractivity contribution in [3.63, 3.8) is 0 Å². The molecular formula is C16H22ClN5O2. The van der Waals surface area contributed by atoms with Crippen molar-refractivity contribution in [2.45, 2.75) is 64.1 Å². The maximum atomic E-state index is 11.8. The molecule has 1 saturated carbocycles. The second-order valence-electron chi connectivity index (χ2n) is 6.85. The van der Waals surface area contributed by atoms with Crippen LogP contribution in [0.1, 0.15) is 52.1 Å². The highest BCUT2D eigenvalue weighted by molar-refractivity contribution is 6.30. The fourth-order valence-electron chi connectivity index (χ4n) is 2.58. The first-order chi connectivity index (χ1) is 11.3. The minimum Gasteiger partial charge on any atom is -0.444 e. The van der Waals surface area contributed by atoms with Crippen molar-refractivity contribution in [1.29, 1.82) is 5.26 Å². The smallest absolute Gasteiger partial charge is 0.407 e. The van der Waals surface area contributed by atoms with Crippen molar-refractivity contribution < 1.29 is 9.53 Å². The summed E-state index contributed by atoms with van der Waals surface area (Å²) in [5.74, 6) is 0.558. The zero-order chi connectivity index (χ0) is 17.7. The zero-order valence-electron chi connectivity index (χ0n) is 14.1. The van der Waals surface area contributed by atoms with Crippen LogP contribution < -0.4 is 10.6 Å². The Balaban J connectivity index is 1.80. The maximum Gasteiger partial charge on any atom is 0.407 e. The van der Waals surface area contributed by atoms with Crippen molar-refractivity contribution in [1.82, 2.24) is 15.3 Å². The van der Waals surface area contributed by atoms with Crippen LogP contribution in [0.15, 0.2) is 6.20 Å². The van der Waals surface area contributed by atoms with Gasteiger partial charge in [-0.2, -0.15) is 5.26 Å². The van der Waals surface area contributed by atoms with Gasteiger partial charge >= 0.3 is 6.09 Å². The zero-order valence-corrected chi connectivity index (χ0v) is 14.9. The third-order valence-electron chi connectivity index (χ3n) is 3.64. The third-order valence-corrected chi connectivity index (χ3v) is 3.90. The quantitative estimate of drug-likeness (QED) is 0.867. The van der Waals surface area contributed by atoms with Gasteiger partial charge in [-0.15, -0.1) is 0 Å². The number of aromatic nitrogens is 2. The predicted octanol–water partition coefficient (Wildman–Crippen LogP) is 3.25. The molecule has 130 valence electrons. The van der Waals surface area contributed by atoms with E-state index in [2.05, 4.69) is 20.6 Å². The molecule has 1 fully saturated rings. The van der Waals surface area contributed by atoms with Gasteiger partial charge in [0.2, 0.25) is 0 Å². The summed E-state index contributed by atoms with van der Waals surface area (Å²) in [4.78, 5) is 19.9. The Hall–Kier alpha value is -2.07. The number of alkyl carbamates (subject to hydrolysis) is 1. The molecule has 1 aromatic heterocycles. The fourth-order valence-corrected chi connectivity index (χ4v) is 2.76. The van der Waals surface area contributed by atoms with Crippen molar-refractivity contribution in [3.8, 4) is 6.07 Å². The number of carbonyl (C=O) groups is 1. The molecule has 0 aliphatic heterocycles. The van der Waals surface area contributed by atoms with Crippen LogP contribution in [-0.2, 0) is 4.74 Å². The van der Waals surface area contributed by atoms with Crippen LogP contribution in [0.3, 0.4) is 0 Å². The summed E-state index contributed by atoms with van der Waals surface area (Å²) in [6, 6.07) is 2.24. The van der Waals surface area contributed by atoms with Crippen LogP contribution in [0.4, 0.5) is 10.6 Å². The molecule has 2 rings (SSSR count). The second kappa shape index (κ2) is 7.67. The number of anilines is 1. The van der Waals surface area contributed by atoms with Crippen molar-refractivity contribution >= 4 is 23.5 Å². The number of hydrogen-bond acceptors (Lipinski definition) is 6. The van der Waals surface area contributed by atoms with E-state index in [-0.39, 0.29) is 29.0 Å². The minimum atomic E-state index is -0.490. The molecule has 1 aromatic rings. The summed E-state index contributed by atoms with van der Waals surface area (Å²) in [7, 11) is 0. The van der Waals surface area contributed by atoms with Crippen LogP contribution in [-0.4, -0.2) is 33.7 Å². The highest BCUT2D eigenvalue weighted by Gasteiger charge is 2.25. The largest absolute Gasteiger partial charge is 0.444 e. The maximum absolute atomic E-state index is 11.8. The van der Waals surface area contributed by atoms with E-state index in [4.69, 9.17) is 21.6 Å². The molecule has 0 spiro atoms. The number of nitrogens with zero attached hydrogens (tertiary/aromatic N) is 3. The Morgan fingerprint density at radius 2 is 1.96 bits per heavy atom. The molecule has 0 saturated heterocycles. The molecule has 0 aromatic carbocycles. The minimum absolute atomic E-state index is 0.0998. The van der Waals surface area contributed by atoms with Crippen molar-refractivity contribution in [2.75, 3.05) is 5.32 Å². The van der Waals surface area contributed by atoms with E-state index in [9.17, 15) is 4.79 Å². The number of hydrogen-bond donors (Lipinski definition) is 2. The van der Waals surface area contributed by atoms with Gasteiger partial charge in [-0.3, -0.25) is 0 Å². The normalized spacial score (nSPS) is 20.8. The van der Waals surface area contributed by atoms with Gasteiger partial charge in [-0.25, -0.2) is 14.8 Å². The molecule has 1 heterocycles. The Labute approximate surface area is 146 Å². The Bertz CT molecular complexity index is 630. The molecule has 0 bridgehead atoms. The number of rotatable bonds is 3. The molecule has 0 atom stereocenters. The number of carbonyl (C=O) groups excluding carboxylic acids is 1. The van der Waals surface area contributed by atoms with E-state index >= 15 is 0 Å². The lowest BCUT2D eigenvalue weighted by Gasteiger charge is -2.30. The van der Waals surface area contributed by atoms with E-state index < -0.39 is 5.60 Å². The molecule has 1 aliphatic carbocycles. The lowest BCUT2D eigenvalue weighted by Crippen LogP contribution is -2.42. The molecule has 0 radical (unpaired) electrons. The van der Waals surface area contributed by atoms with E-state index in [0.717, 1.165) is 25.7 Å². The molecule has 0 unspecified atom stereocenters. The van der Waals surface area contributed by atoms with Crippen LogP contribution in [0.5, 0.6) is 0 Å². The van der Waals surface area contributed by atoms with Gasteiger partial charge in [-0.05, 0) is 46.5 Å². The third kappa shape index (κ3) is 5.53. The molecule has 1 aliphatic rings. The van der Waals surface area contributed by atoms with Gasteiger partial charge in [0, 0.05) is 12.1 Å². The van der Waals surface area contributed by atoms with E-state index in [1.165, 1.54) is 6.20 Å². The molecule has 8 heteroatoms. The predicted molar refractivity (Wildman–Crippen MR) is 90.8 cm³/mol. The first-order valence-electron chi connectivity index (χ1n) is 7.95. The fraction of sp³-hybridized carbons (Fsp3) is 0.625. The number of halogens is 1. The van der Waals surface area contributed by atoms with Gasteiger partial charge < -0.3 is 15.4 Å². The number of ether oxygens (including phenoxy) is 1. The van der Waals surface area contributed by atoms with E-state index in [1.54, 1.807) is 0 Å². The molecule has 24 heavy (non-hydrogen) atoms. The van der Waals surface area contributed by atoms with Crippen LogP contribution in [0.2, 0.25) is 5.15 Å². The summed E-state index contributed by atoms with van der Waals surface area (Å²) in [6.45, 7) is 5.53. The highest BCUT2D eigenvalue weighted by Crippen LogP contribution is 2.23. The first-order valence-corrected chi connectivity index (χ1v) is 8.33. The number of nitrogens with one attached hydrogen (secondary N) is 2. The SMILES string of the molecule is CC(C)(C)OC(=O)N[C@H]1CC[C@H](Nc2cnc(C#N)c(Cl)n2)CC1. The van der Waals surface area contributed by atoms with Crippen LogP contribution in [0.25, 0.3) is 0 Å². The Morgan fingerprint density at radius 3 is 2.50 bits per heavy atom. The molecule has 2 N–H and O–H groups in total. The average Bonchev–Trinajstić information content (AvgIpc) is 2.47. The highest BCUT2D eigenvalue weighted by atomic mass is 35.5. The second-order valence-corrected chi connectivity index (χ2v) is 7.20. The Kier molecular flexibility index (Phi) is 5.84. The van der Waals surface area contributed by atoms with Crippen LogP contribution >= 0.6 is 11.6 Å². The Morgan fingerprint density at radius 1 is 1.33 bits per heavy atom. The van der Waals surface area contributed by atoms with Gasteiger partial charge in [0.25, 0.3) is 0 Å². The van der Waals surface area contributed by atoms with Crippen LogP contribution in [0, 0.1) is 11.3 Å². The molecule has 1 amide bonds. The summed E-state index contributed by atoms with van der Waals surface area (Å²) < 4.78 is 5.27. The van der Waals surface area contributed by atoms with Crippen molar-refractivity contribution in [3.05, 3.63) is 17.0 Å². The molecular weight excluding hydrogens is 330 g/mol. The molecule has 7 nitrogen and oxygen atoms in total. The monoisotopic (exact) mass is 351 g/mol. The van der Waals surface area contributed by atoms with E-state index in [1.807, 2.05) is 26.8 Å². The van der Waals surface area contributed by atoms with Gasteiger partial charge in [-0.1, -0.05) is 11.6 Å². The average molecular weight is 352 g/mol. The van der Waals surface area contributed by atoms with Gasteiger partial charge in [0.1, 0.15) is 17.5 Å². The topological polar surface area (TPSA) is 99.9 Å². The van der Waals surface area contributed by atoms with E-state index in [0.29, 0.717) is 5.82 Å². The first kappa shape index (κ1) is 18.3. The lowest BCUT2D eigenvalue weighted by molar-refractivity contribution is 0.0492. The summed E-state index contributed by atoms with van der Waals surface area (Å²) in [5, 5.41) is 15.1. The summed E-state index contributed by atoms with van der Waals surface area (Å²) in [6.07, 6.45) is 4.63. The standard InChI is InChI=1S/C16H22ClN5O2/c1-16(2,3)24-15(23)21-11-6-4-10(5-7-11)20-13-9-19-12(8-18)14(17)22-13/h9-11H,4-7H2,1-3H3,(H,20,22)(H,21,23)/t10-,11-. The van der Waals surface area contributed by atoms with Crippen molar-refractivity contribution in [2.24, 2.45) is 0 Å². The van der Waals surface area contributed by atoms with Gasteiger partial charge in [0.15, 0.2) is 10.8 Å². The lowest BCUT2D eigenvalue weighted by atomic mass is 9.91. The number of nitriles is 1.